The van der Waals surface area contributed by atoms with Crippen LogP contribution in [-0.4, -0.2) is 36.0 Å². The van der Waals surface area contributed by atoms with E-state index in [2.05, 4.69) is 49.1 Å². The Morgan fingerprint density at radius 3 is 2.41 bits per heavy atom. The molecular weight excluding hydrogens is 274 g/mol. The number of hydrogen-bond acceptors (Lipinski definition) is 3. The van der Waals surface area contributed by atoms with Crippen molar-refractivity contribution in [2.75, 3.05) is 13.2 Å². The fraction of sp³-hybridized carbons (Fsp3) is 0.632. The normalized spacial score (nSPS) is 28.8. The van der Waals surface area contributed by atoms with Gasteiger partial charge < -0.3 is 4.74 Å². The van der Waals surface area contributed by atoms with Crippen molar-refractivity contribution in [3.63, 3.8) is 0 Å². The number of rotatable bonds is 5. The first kappa shape index (κ1) is 15.7. The fourth-order valence-corrected chi connectivity index (χ4v) is 3.87. The van der Waals surface area contributed by atoms with Crippen molar-refractivity contribution in [3.8, 4) is 0 Å². The molecule has 0 aromatic heterocycles. The molecule has 2 unspecified atom stereocenters. The third kappa shape index (κ3) is 3.58. The molecule has 0 radical (unpaired) electrons. The Bertz CT molecular complexity index is 485. The molecule has 22 heavy (non-hydrogen) atoms. The van der Waals surface area contributed by atoms with Crippen molar-refractivity contribution in [1.29, 1.82) is 0 Å². The van der Waals surface area contributed by atoms with Crippen molar-refractivity contribution < 1.29 is 9.53 Å². The Morgan fingerprint density at radius 1 is 1.18 bits per heavy atom. The number of ether oxygens (including phenoxy) is 1. The number of piperidine rings is 1. The summed E-state index contributed by atoms with van der Waals surface area (Å²) in [5, 5.41) is 0. The van der Waals surface area contributed by atoms with Gasteiger partial charge in [-0.2, -0.15) is 0 Å². The highest BCUT2D eigenvalue weighted by molar-refractivity contribution is 5.81. The summed E-state index contributed by atoms with van der Waals surface area (Å²) in [6.45, 7) is 6.78. The van der Waals surface area contributed by atoms with E-state index in [1.54, 1.807) is 0 Å². The lowest BCUT2D eigenvalue weighted by atomic mass is 9.80. The van der Waals surface area contributed by atoms with Crippen LogP contribution in [-0.2, 0) is 16.1 Å². The minimum Gasteiger partial charge on any atom is -0.378 e. The number of nitrogens with zero attached hydrogens (tertiary/aromatic N) is 1. The first-order chi connectivity index (χ1) is 10.6. The smallest absolute Gasteiger partial charge is 0.136 e. The molecule has 0 aliphatic carbocycles. The zero-order valence-corrected chi connectivity index (χ0v) is 13.7. The van der Waals surface area contributed by atoms with Gasteiger partial charge in [0.2, 0.25) is 0 Å². The minimum absolute atomic E-state index is 0.244. The molecule has 120 valence electrons. The Morgan fingerprint density at radius 2 is 1.82 bits per heavy atom. The van der Waals surface area contributed by atoms with Gasteiger partial charge in [-0.25, -0.2) is 0 Å². The van der Waals surface area contributed by atoms with E-state index >= 15 is 0 Å². The maximum atomic E-state index is 12.4. The van der Waals surface area contributed by atoms with Gasteiger partial charge in [0.05, 0.1) is 13.2 Å². The first-order valence-corrected chi connectivity index (χ1v) is 8.53. The Labute approximate surface area is 133 Å². The quantitative estimate of drug-likeness (QED) is 0.836. The van der Waals surface area contributed by atoms with E-state index in [1.807, 2.05) is 0 Å². The van der Waals surface area contributed by atoms with Gasteiger partial charge in [0.25, 0.3) is 0 Å². The second-order valence-electron chi connectivity index (χ2n) is 7.24. The molecule has 2 bridgehead atoms. The van der Waals surface area contributed by atoms with E-state index in [0.717, 1.165) is 39.0 Å². The third-order valence-electron chi connectivity index (χ3n) is 4.94. The second-order valence-corrected chi connectivity index (χ2v) is 7.24. The van der Waals surface area contributed by atoms with Crippen LogP contribution in [0.5, 0.6) is 0 Å². The van der Waals surface area contributed by atoms with Crippen LogP contribution in [0.1, 0.15) is 38.7 Å². The molecule has 0 saturated carbocycles. The van der Waals surface area contributed by atoms with E-state index in [9.17, 15) is 4.79 Å². The summed E-state index contributed by atoms with van der Waals surface area (Å²) < 4.78 is 5.76. The number of morpholine rings is 1. The molecule has 2 atom stereocenters. The fourth-order valence-electron chi connectivity index (χ4n) is 3.87. The molecule has 0 spiro atoms. The van der Waals surface area contributed by atoms with E-state index in [1.165, 1.54) is 5.56 Å². The van der Waals surface area contributed by atoms with Crippen LogP contribution in [0.25, 0.3) is 0 Å². The van der Waals surface area contributed by atoms with Crippen molar-refractivity contribution in [2.24, 2.45) is 11.8 Å². The summed E-state index contributed by atoms with van der Waals surface area (Å²) >= 11 is 0. The monoisotopic (exact) mass is 301 g/mol. The zero-order valence-electron chi connectivity index (χ0n) is 13.7. The van der Waals surface area contributed by atoms with Crippen LogP contribution < -0.4 is 0 Å². The van der Waals surface area contributed by atoms with Gasteiger partial charge in [-0.05, 0) is 24.3 Å². The average Bonchev–Trinajstić information content (AvgIpc) is 2.47. The van der Waals surface area contributed by atoms with E-state index in [4.69, 9.17) is 4.74 Å². The average molecular weight is 301 g/mol. The minimum atomic E-state index is 0.244. The van der Waals surface area contributed by atoms with Gasteiger partial charge in [0.15, 0.2) is 0 Å². The highest BCUT2D eigenvalue weighted by atomic mass is 16.5. The van der Waals surface area contributed by atoms with E-state index in [-0.39, 0.29) is 5.92 Å². The molecular formula is C19H27NO2. The molecule has 0 amide bonds. The number of benzene rings is 1. The maximum Gasteiger partial charge on any atom is 0.136 e. The van der Waals surface area contributed by atoms with Gasteiger partial charge in [-0.1, -0.05) is 44.2 Å². The molecule has 1 aromatic carbocycles. The predicted molar refractivity (Wildman–Crippen MR) is 87.6 cm³/mol. The lowest BCUT2D eigenvalue weighted by Gasteiger charge is -2.48. The van der Waals surface area contributed by atoms with Crippen molar-refractivity contribution >= 4 is 5.78 Å². The zero-order chi connectivity index (χ0) is 15.5. The van der Waals surface area contributed by atoms with Crippen LogP contribution in [0.2, 0.25) is 0 Å². The third-order valence-corrected chi connectivity index (χ3v) is 4.94. The van der Waals surface area contributed by atoms with E-state index in [0.29, 0.717) is 23.8 Å². The van der Waals surface area contributed by atoms with Crippen LogP contribution in [0.4, 0.5) is 0 Å². The molecule has 0 N–H and O–H groups in total. The standard InChI is InChI=1S/C19H27NO2/c1-14(2)8-19(21)16-9-17-12-22-13-18(10-16)20(17)11-15-6-4-3-5-7-15/h3-7,14,16-18H,8-13H2,1-2H3. The van der Waals surface area contributed by atoms with Gasteiger partial charge in [0, 0.05) is 31.0 Å². The molecule has 2 heterocycles. The number of carbonyl (C=O) groups is 1. The summed E-state index contributed by atoms with van der Waals surface area (Å²) in [6.07, 6.45) is 2.66. The first-order valence-electron chi connectivity index (χ1n) is 8.53. The SMILES string of the molecule is CC(C)CC(=O)C1CC2COCC(C1)N2Cc1ccccc1. The van der Waals surface area contributed by atoms with Gasteiger partial charge in [0.1, 0.15) is 5.78 Å². The van der Waals surface area contributed by atoms with Crippen LogP contribution in [0.15, 0.2) is 30.3 Å². The molecule has 3 nitrogen and oxygen atoms in total. The van der Waals surface area contributed by atoms with Crippen LogP contribution >= 0.6 is 0 Å². The number of carbonyl (C=O) groups excluding carboxylic acids is 1. The maximum absolute atomic E-state index is 12.4. The molecule has 2 saturated heterocycles. The second kappa shape index (κ2) is 6.93. The predicted octanol–water partition coefficient (Wildman–Crippen LogP) is 3.28. The molecule has 3 rings (SSSR count). The molecule has 2 aliphatic heterocycles. The summed E-state index contributed by atoms with van der Waals surface area (Å²) in [7, 11) is 0. The van der Waals surface area contributed by atoms with Crippen molar-refractivity contribution in [3.05, 3.63) is 35.9 Å². The van der Waals surface area contributed by atoms with Crippen LogP contribution in [0.3, 0.4) is 0 Å². The van der Waals surface area contributed by atoms with Gasteiger partial charge in [-0.3, -0.25) is 9.69 Å². The number of Topliss-reactive ketones (excluding diaryl/α,β-unsaturated/α-hetero) is 1. The lowest BCUT2D eigenvalue weighted by molar-refractivity contribution is -0.134. The van der Waals surface area contributed by atoms with Crippen LogP contribution in [0, 0.1) is 11.8 Å². The van der Waals surface area contributed by atoms with Gasteiger partial charge in [-0.15, -0.1) is 0 Å². The number of fused-ring (bicyclic) bond motifs is 2. The summed E-state index contributed by atoms with van der Waals surface area (Å²) in [5.41, 5.74) is 1.35. The number of hydrogen-bond donors (Lipinski definition) is 0. The van der Waals surface area contributed by atoms with Crippen molar-refractivity contribution in [1.82, 2.24) is 4.90 Å². The van der Waals surface area contributed by atoms with Gasteiger partial charge >= 0.3 is 0 Å². The Kier molecular flexibility index (Phi) is 4.94. The lowest BCUT2D eigenvalue weighted by Crippen LogP contribution is -2.57. The topological polar surface area (TPSA) is 29.5 Å². The molecule has 1 aromatic rings. The summed E-state index contributed by atoms with van der Waals surface area (Å²) in [6, 6.07) is 11.4. The largest absolute Gasteiger partial charge is 0.378 e. The number of ketones is 1. The Hall–Kier alpha value is -1.19. The highest BCUT2D eigenvalue weighted by Crippen LogP contribution is 2.34. The summed E-state index contributed by atoms with van der Waals surface area (Å²) in [4.78, 5) is 15.0. The molecule has 3 heteroatoms. The Balaban J connectivity index is 1.67. The van der Waals surface area contributed by atoms with E-state index < -0.39 is 0 Å². The summed E-state index contributed by atoms with van der Waals surface area (Å²) in [5.74, 6) is 1.17. The molecule has 2 fully saturated rings. The molecule has 2 aliphatic rings. The highest BCUT2D eigenvalue weighted by Gasteiger charge is 2.40. The van der Waals surface area contributed by atoms with Crippen molar-refractivity contribution in [2.45, 2.75) is 51.7 Å².